The van der Waals surface area contributed by atoms with Crippen LogP contribution in [0, 0.1) is 5.92 Å². The Labute approximate surface area is 99.6 Å². The highest BCUT2D eigenvalue weighted by molar-refractivity contribution is 9.10. The summed E-state index contributed by atoms with van der Waals surface area (Å²) >= 11 is 3.44. The van der Waals surface area contributed by atoms with E-state index in [1.54, 1.807) is 0 Å². The zero-order valence-corrected chi connectivity index (χ0v) is 10.4. The van der Waals surface area contributed by atoms with Crippen molar-refractivity contribution in [2.75, 3.05) is 26.2 Å². The van der Waals surface area contributed by atoms with Gasteiger partial charge in [0.15, 0.2) is 0 Å². The van der Waals surface area contributed by atoms with Crippen LogP contribution in [-0.4, -0.2) is 26.2 Å². The number of rotatable bonds is 5. The molecule has 82 valence electrons. The fourth-order valence-electron chi connectivity index (χ4n) is 1.68. The van der Waals surface area contributed by atoms with Gasteiger partial charge in [0.2, 0.25) is 0 Å². The largest absolute Gasteiger partial charge is 0.316 e. The van der Waals surface area contributed by atoms with Gasteiger partial charge in [0, 0.05) is 24.1 Å². The van der Waals surface area contributed by atoms with Crippen LogP contribution in [0.5, 0.6) is 0 Å². The predicted octanol–water partition coefficient (Wildman–Crippen LogP) is 1.80. The molecule has 0 bridgehead atoms. The minimum atomic E-state index is 0.856. The summed E-state index contributed by atoms with van der Waals surface area (Å²) in [6.07, 6.45) is 1.12. The summed E-state index contributed by atoms with van der Waals surface area (Å²) in [7, 11) is 0. The van der Waals surface area contributed by atoms with Crippen molar-refractivity contribution in [1.29, 1.82) is 0 Å². The van der Waals surface area contributed by atoms with Crippen LogP contribution in [0.3, 0.4) is 0 Å². The molecule has 2 rings (SSSR count). The molecule has 0 radical (unpaired) electrons. The molecule has 0 unspecified atom stereocenters. The SMILES string of the molecule is Brc1ccc(CCNCC2CNC2)cc1. The van der Waals surface area contributed by atoms with E-state index in [-0.39, 0.29) is 0 Å². The molecule has 0 amide bonds. The number of halogens is 1. The van der Waals surface area contributed by atoms with E-state index in [0.717, 1.165) is 29.9 Å². The normalized spacial score (nSPS) is 16.3. The van der Waals surface area contributed by atoms with Crippen molar-refractivity contribution in [2.45, 2.75) is 6.42 Å². The van der Waals surface area contributed by atoms with Crippen molar-refractivity contribution in [3.63, 3.8) is 0 Å². The minimum absolute atomic E-state index is 0.856. The highest BCUT2D eigenvalue weighted by atomic mass is 79.9. The first-order valence-electron chi connectivity index (χ1n) is 5.50. The summed E-state index contributed by atoms with van der Waals surface area (Å²) in [6, 6.07) is 8.56. The van der Waals surface area contributed by atoms with Crippen molar-refractivity contribution in [2.24, 2.45) is 5.92 Å². The third-order valence-corrected chi connectivity index (χ3v) is 3.33. The van der Waals surface area contributed by atoms with Gasteiger partial charge in [-0.25, -0.2) is 0 Å². The first-order valence-corrected chi connectivity index (χ1v) is 6.30. The van der Waals surface area contributed by atoms with Gasteiger partial charge < -0.3 is 10.6 Å². The van der Waals surface area contributed by atoms with Crippen LogP contribution >= 0.6 is 15.9 Å². The maximum absolute atomic E-state index is 3.50. The predicted molar refractivity (Wildman–Crippen MR) is 67.1 cm³/mol. The average molecular weight is 269 g/mol. The summed E-state index contributed by atoms with van der Waals surface area (Å²) in [5.74, 6) is 0.856. The van der Waals surface area contributed by atoms with Gasteiger partial charge in [0.25, 0.3) is 0 Å². The first kappa shape index (κ1) is 11.1. The number of hydrogen-bond donors (Lipinski definition) is 2. The summed E-state index contributed by atoms with van der Waals surface area (Å²) in [5, 5.41) is 6.78. The van der Waals surface area contributed by atoms with Crippen LogP contribution in [0.2, 0.25) is 0 Å². The first-order chi connectivity index (χ1) is 7.34. The Morgan fingerprint density at radius 3 is 2.60 bits per heavy atom. The average Bonchev–Trinajstić information content (AvgIpc) is 2.18. The molecular weight excluding hydrogens is 252 g/mol. The standard InChI is InChI=1S/C12H17BrN2/c13-12-3-1-10(2-4-12)5-6-14-7-11-8-15-9-11/h1-4,11,14-15H,5-9H2. The molecule has 2 N–H and O–H groups in total. The number of benzene rings is 1. The van der Waals surface area contributed by atoms with Gasteiger partial charge in [-0.1, -0.05) is 28.1 Å². The second-order valence-corrected chi connectivity index (χ2v) is 5.02. The Morgan fingerprint density at radius 1 is 1.27 bits per heavy atom. The van der Waals surface area contributed by atoms with Crippen LogP contribution in [0.15, 0.2) is 28.7 Å². The van der Waals surface area contributed by atoms with Crippen LogP contribution in [0.25, 0.3) is 0 Å². The van der Waals surface area contributed by atoms with Gasteiger partial charge in [-0.3, -0.25) is 0 Å². The molecular formula is C12H17BrN2. The molecule has 1 fully saturated rings. The van der Waals surface area contributed by atoms with Crippen LogP contribution < -0.4 is 10.6 Å². The lowest BCUT2D eigenvalue weighted by Crippen LogP contribution is -2.47. The Bertz CT molecular complexity index is 293. The number of nitrogens with one attached hydrogen (secondary N) is 2. The lowest BCUT2D eigenvalue weighted by atomic mass is 10.0. The quantitative estimate of drug-likeness (QED) is 0.796. The van der Waals surface area contributed by atoms with Gasteiger partial charge in [-0.15, -0.1) is 0 Å². The molecule has 1 saturated heterocycles. The van der Waals surface area contributed by atoms with Crippen molar-refractivity contribution in [3.8, 4) is 0 Å². The van der Waals surface area contributed by atoms with E-state index in [1.165, 1.54) is 18.7 Å². The molecule has 3 heteroatoms. The third kappa shape index (κ3) is 3.59. The van der Waals surface area contributed by atoms with Crippen molar-refractivity contribution < 1.29 is 0 Å². The molecule has 0 aromatic heterocycles. The van der Waals surface area contributed by atoms with Crippen LogP contribution in [0.1, 0.15) is 5.56 Å². The third-order valence-electron chi connectivity index (χ3n) is 2.80. The minimum Gasteiger partial charge on any atom is -0.316 e. The fraction of sp³-hybridized carbons (Fsp3) is 0.500. The zero-order valence-electron chi connectivity index (χ0n) is 8.80. The molecule has 0 saturated carbocycles. The maximum Gasteiger partial charge on any atom is 0.0175 e. The van der Waals surface area contributed by atoms with Crippen molar-refractivity contribution in [1.82, 2.24) is 10.6 Å². The summed E-state index contributed by atoms with van der Waals surface area (Å²) in [6.45, 7) is 4.61. The summed E-state index contributed by atoms with van der Waals surface area (Å²) in [4.78, 5) is 0. The lowest BCUT2D eigenvalue weighted by molar-refractivity contribution is 0.333. The zero-order chi connectivity index (χ0) is 10.5. The van der Waals surface area contributed by atoms with Gasteiger partial charge in [0.1, 0.15) is 0 Å². The molecule has 1 heterocycles. The number of hydrogen-bond acceptors (Lipinski definition) is 2. The van der Waals surface area contributed by atoms with Gasteiger partial charge in [-0.2, -0.15) is 0 Å². The second-order valence-electron chi connectivity index (χ2n) is 4.10. The van der Waals surface area contributed by atoms with E-state index in [1.807, 2.05) is 0 Å². The van der Waals surface area contributed by atoms with E-state index in [0.29, 0.717) is 0 Å². The molecule has 0 spiro atoms. The summed E-state index contributed by atoms with van der Waals surface area (Å²) < 4.78 is 1.15. The van der Waals surface area contributed by atoms with E-state index >= 15 is 0 Å². The Balaban J connectivity index is 1.62. The van der Waals surface area contributed by atoms with Gasteiger partial charge in [-0.05, 0) is 36.6 Å². The topological polar surface area (TPSA) is 24.1 Å². The van der Waals surface area contributed by atoms with Gasteiger partial charge in [0.05, 0.1) is 0 Å². The molecule has 15 heavy (non-hydrogen) atoms. The molecule has 0 atom stereocenters. The lowest BCUT2D eigenvalue weighted by Gasteiger charge is -2.27. The summed E-state index contributed by atoms with van der Waals surface area (Å²) in [5.41, 5.74) is 1.40. The smallest absolute Gasteiger partial charge is 0.0175 e. The van der Waals surface area contributed by atoms with E-state index in [4.69, 9.17) is 0 Å². The van der Waals surface area contributed by atoms with E-state index in [2.05, 4.69) is 50.8 Å². The molecule has 2 nitrogen and oxygen atoms in total. The maximum atomic E-state index is 3.50. The molecule has 1 aliphatic heterocycles. The van der Waals surface area contributed by atoms with E-state index in [9.17, 15) is 0 Å². The van der Waals surface area contributed by atoms with Crippen LogP contribution in [0.4, 0.5) is 0 Å². The highest BCUT2D eigenvalue weighted by Gasteiger charge is 2.14. The monoisotopic (exact) mass is 268 g/mol. The molecule has 1 aromatic rings. The van der Waals surface area contributed by atoms with Crippen molar-refractivity contribution in [3.05, 3.63) is 34.3 Å². The fourth-order valence-corrected chi connectivity index (χ4v) is 1.95. The van der Waals surface area contributed by atoms with Crippen molar-refractivity contribution >= 4 is 15.9 Å². The molecule has 0 aliphatic carbocycles. The molecule has 1 aliphatic rings. The second kappa shape index (κ2) is 5.64. The highest BCUT2D eigenvalue weighted by Crippen LogP contribution is 2.10. The Kier molecular flexibility index (Phi) is 4.18. The molecule has 1 aromatic carbocycles. The van der Waals surface area contributed by atoms with Crippen LogP contribution in [-0.2, 0) is 6.42 Å². The van der Waals surface area contributed by atoms with Gasteiger partial charge >= 0.3 is 0 Å². The van der Waals surface area contributed by atoms with E-state index < -0.39 is 0 Å². The Morgan fingerprint density at radius 2 is 2.00 bits per heavy atom. The Hall–Kier alpha value is -0.380.